The first-order chi connectivity index (χ1) is 3.27. The van der Waals surface area contributed by atoms with E-state index in [2.05, 4.69) is 6.92 Å². The number of unbranched alkanes of at least 4 members (excludes halogenated alkanes) is 1. The molecule has 1 unspecified atom stereocenters. The molecule has 1 nitrogen and oxygen atoms in total. The number of hydrogen-bond donors (Lipinski definition) is 1. The van der Waals surface area contributed by atoms with Gasteiger partial charge >= 0.3 is 0 Å². The number of hydrogen-bond acceptors (Lipinski definition) is 1. The molecule has 0 aliphatic rings. The molecule has 7 heavy (non-hydrogen) atoms. The molecule has 0 aromatic rings. The van der Waals surface area contributed by atoms with Crippen molar-refractivity contribution >= 4 is 18.3 Å². The highest BCUT2D eigenvalue weighted by Crippen LogP contribution is 1.93. The van der Waals surface area contributed by atoms with Gasteiger partial charge in [0, 0.05) is 9.76 Å². The molecule has 1 radical (unpaired) electrons. The normalized spacial score (nSPS) is 14.6. The van der Waals surface area contributed by atoms with Crippen LogP contribution >= 0.6 is 0 Å². The lowest BCUT2D eigenvalue weighted by Gasteiger charge is -1.95. The second-order valence-electron chi connectivity index (χ2n) is 1.84. The Morgan fingerprint density at radius 1 is 1.71 bits per heavy atom. The first-order valence-electron chi connectivity index (χ1n) is 2.74. The van der Waals surface area contributed by atoms with E-state index in [1.165, 1.54) is 0 Å². The predicted molar refractivity (Wildman–Crippen MR) is 38.7 cm³/mol. The Balaban J connectivity index is 2.68. The highest BCUT2D eigenvalue weighted by atomic mass is 29.2. The van der Waals surface area contributed by atoms with Gasteiger partial charge in [0.25, 0.3) is 0 Å². The molecule has 0 fully saturated rings. The monoisotopic (exact) mass is 133 g/mol. The lowest BCUT2D eigenvalue weighted by Crippen LogP contribution is -2.10. The van der Waals surface area contributed by atoms with Crippen LogP contribution in [0.1, 0.15) is 12.8 Å². The van der Waals surface area contributed by atoms with Crippen molar-refractivity contribution in [1.29, 1.82) is 0 Å². The van der Waals surface area contributed by atoms with Gasteiger partial charge in [0.05, 0.1) is 0 Å². The predicted octanol–water partition coefficient (Wildman–Crippen LogP) is -0.821. The molecule has 0 saturated carbocycles. The van der Waals surface area contributed by atoms with Crippen LogP contribution in [0.5, 0.6) is 0 Å². The van der Waals surface area contributed by atoms with Crippen LogP contribution < -0.4 is 0 Å². The van der Waals surface area contributed by atoms with Crippen LogP contribution in [0.2, 0.25) is 6.04 Å². The summed E-state index contributed by atoms with van der Waals surface area (Å²) in [6, 6.07) is 1.09. The van der Waals surface area contributed by atoms with E-state index in [0.29, 0.717) is 0 Å². The maximum Gasteiger partial charge on any atom is 0.149 e. The Morgan fingerprint density at radius 3 is 2.43 bits per heavy atom. The fraction of sp³-hybridized carbons (Fsp3) is 0.750. The Hall–Kier alpha value is 0.394. The average molecular weight is 133 g/mol. The quantitative estimate of drug-likeness (QED) is 0.499. The third kappa shape index (κ3) is 6.39. The first kappa shape index (κ1) is 7.39. The zero-order chi connectivity index (χ0) is 5.70. The molecule has 0 bridgehead atoms. The molecule has 0 heterocycles. The summed E-state index contributed by atoms with van der Waals surface area (Å²) in [6.07, 6.45) is 2.13. The maximum absolute atomic E-state index is 8.86. The molecule has 0 rings (SSSR count). The minimum Gasteiger partial charge on any atom is -0.439 e. The van der Waals surface area contributed by atoms with E-state index in [9.17, 15) is 0 Å². The molecule has 0 amide bonds. The van der Waals surface area contributed by atoms with Crippen molar-refractivity contribution in [3.05, 3.63) is 6.92 Å². The van der Waals surface area contributed by atoms with Gasteiger partial charge in [0.1, 0.15) is 8.56 Å². The number of rotatable bonds is 3. The Kier molecular flexibility index (Phi) is 4.81. The van der Waals surface area contributed by atoms with E-state index >= 15 is 0 Å². The molecule has 0 saturated heterocycles. The van der Waals surface area contributed by atoms with Crippen molar-refractivity contribution in [2.45, 2.75) is 18.9 Å². The summed E-state index contributed by atoms with van der Waals surface area (Å²) in [7, 11) is -0.0394. The summed E-state index contributed by atoms with van der Waals surface area (Å²) in [4.78, 5) is 8.86. The fourth-order valence-electron chi connectivity index (χ4n) is 0.440. The van der Waals surface area contributed by atoms with Gasteiger partial charge in [-0.05, 0) is 6.04 Å². The molecule has 43 valence electrons. The van der Waals surface area contributed by atoms with Crippen molar-refractivity contribution in [2.24, 2.45) is 0 Å². The lowest BCUT2D eigenvalue weighted by atomic mass is 10.4. The van der Waals surface area contributed by atoms with Gasteiger partial charge in [-0.2, -0.15) is 0 Å². The van der Waals surface area contributed by atoms with E-state index < -0.39 is 8.56 Å². The summed E-state index contributed by atoms with van der Waals surface area (Å²) >= 11 is 0. The second-order valence-corrected chi connectivity index (χ2v) is 8.12. The zero-order valence-electron chi connectivity index (χ0n) is 4.85. The molecule has 0 aliphatic heterocycles. The SMILES string of the molecule is [CH2]CCC[SiH](O)[SiH3]. The van der Waals surface area contributed by atoms with Crippen LogP contribution in [0.3, 0.4) is 0 Å². The zero-order valence-corrected chi connectivity index (χ0v) is 8.01. The largest absolute Gasteiger partial charge is 0.439 e. The Labute approximate surface area is 49.7 Å². The molecule has 3 heteroatoms. The van der Waals surface area contributed by atoms with Crippen LogP contribution in [-0.2, 0) is 0 Å². The topological polar surface area (TPSA) is 20.2 Å². The van der Waals surface area contributed by atoms with Crippen molar-refractivity contribution in [3.8, 4) is 0 Å². The molecule has 1 atom stereocenters. The minimum atomic E-state index is -1.09. The summed E-state index contributed by atoms with van der Waals surface area (Å²) in [5.41, 5.74) is 0. The average Bonchev–Trinajstić information content (AvgIpc) is 1.61. The van der Waals surface area contributed by atoms with Crippen molar-refractivity contribution < 1.29 is 4.80 Å². The summed E-state index contributed by atoms with van der Waals surface area (Å²) in [6.45, 7) is 3.68. The van der Waals surface area contributed by atoms with Crippen LogP contribution in [-0.4, -0.2) is 23.1 Å². The van der Waals surface area contributed by atoms with Gasteiger partial charge in [0.2, 0.25) is 0 Å². The lowest BCUT2D eigenvalue weighted by molar-refractivity contribution is 0.587. The van der Waals surface area contributed by atoms with Crippen molar-refractivity contribution in [1.82, 2.24) is 0 Å². The van der Waals surface area contributed by atoms with Gasteiger partial charge in [-0.3, -0.25) is 0 Å². The van der Waals surface area contributed by atoms with Crippen molar-refractivity contribution in [2.75, 3.05) is 0 Å². The van der Waals surface area contributed by atoms with Crippen LogP contribution in [0.25, 0.3) is 0 Å². The first-order valence-corrected chi connectivity index (χ1v) is 8.70. The van der Waals surface area contributed by atoms with E-state index in [1.807, 2.05) is 0 Å². The standard InChI is InChI=1S/C4H13OSi2/c1-2-3-4-7(5)6/h5,7H,1-4H2,6H3. The molecule has 0 spiro atoms. The smallest absolute Gasteiger partial charge is 0.149 e. The van der Waals surface area contributed by atoms with Crippen molar-refractivity contribution in [3.63, 3.8) is 0 Å². The van der Waals surface area contributed by atoms with Gasteiger partial charge in [0.15, 0.2) is 0 Å². The fourth-order valence-corrected chi connectivity index (χ4v) is 2.54. The molecular weight excluding hydrogens is 120 g/mol. The van der Waals surface area contributed by atoms with E-state index in [4.69, 9.17) is 4.80 Å². The van der Waals surface area contributed by atoms with Gasteiger partial charge in [-0.1, -0.05) is 19.8 Å². The summed E-state index contributed by atoms with van der Waals surface area (Å²) in [5.74, 6) is 0. The Bertz CT molecular complexity index is 38.7. The Morgan fingerprint density at radius 2 is 2.29 bits per heavy atom. The van der Waals surface area contributed by atoms with E-state index in [1.54, 1.807) is 0 Å². The van der Waals surface area contributed by atoms with Gasteiger partial charge < -0.3 is 4.80 Å². The van der Waals surface area contributed by atoms with Crippen LogP contribution in [0, 0.1) is 6.92 Å². The molecule has 1 N–H and O–H groups in total. The second kappa shape index (κ2) is 4.55. The molecule has 0 aliphatic carbocycles. The molecule has 0 aromatic heterocycles. The molecule has 0 aromatic carbocycles. The van der Waals surface area contributed by atoms with Gasteiger partial charge in [-0.15, -0.1) is 0 Å². The summed E-state index contributed by atoms with van der Waals surface area (Å²) < 4.78 is 0. The highest BCUT2D eigenvalue weighted by Gasteiger charge is 1.93. The summed E-state index contributed by atoms with van der Waals surface area (Å²) in [5, 5.41) is 0. The van der Waals surface area contributed by atoms with Crippen LogP contribution in [0.4, 0.5) is 0 Å². The third-order valence-electron chi connectivity index (χ3n) is 0.872. The third-order valence-corrected chi connectivity index (χ3v) is 3.85. The minimum absolute atomic E-state index is 0.992. The van der Waals surface area contributed by atoms with Gasteiger partial charge in [-0.25, -0.2) is 0 Å². The highest BCUT2D eigenvalue weighted by molar-refractivity contribution is 6.98. The molecular formula is C4H13OSi2. The van der Waals surface area contributed by atoms with E-state index in [0.717, 1.165) is 28.6 Å². The maximum atomic E-state index is 8.86. The van der Waals surface area contributed by atoms with Crippen LogP contribution in [0.15, 0.2) is 0 Å². The van der Waals surface area contributed by atoms with E-state index in [-0.39, 0.29) is 0 Å².